The number of sulfonamides is 1. The molecule has 0 N–H and O–H groups in total. The third-order valence-corrected chi connectivity index (χ3v) is 7.20. The van der Waals surface area contributed by atoms with Crippen LogP contribution in [0.5, 0.6) is 0 Å². The minimum absolute atomic E-state index is 0.0269. The number of carbonyl (C=O) groups excluding carboxylic acids is 1. The molecular weight excluding hydrogens is 412 g/mol. The maximum atomic E-state index is 13.4. The molecule has 0 unspecified atom stereocenters. The zero-order valence-electron chi connectivity index (χ0n) is 16.0. The second-order valence-corrected chi connectivity index (χ2v) is 9.17. The zero-order chi connectivity index (χ0) is 20.8. The quantitative estimate of drug-likeness (QED) is 0.580. The largest absolute Gasteiger partial charge is 0.361 e. The van der Waals surface area contributed by atoms with E-state index in [4.69, 9.17) is 4.52 Å². The Morgan fingerprint density at radius 1 is 1.17 bits per heavy atom. The van der Waals surface area contributed by atoms with E-state index in [-0.39, 0.29) is 17.3 Å². The molecule has 150 valence electrons. The molecule has 3 aromatic rings. The lowest BCUT2D eigenvalue weighted by molar-refractivity contribution is 0.229. The number of hydrogen-bond acceptors (Lipinski definition) is 7. The lowest BCUT2D eigenvalue weighted by Crippen LogP contribution is -2.48. The number of amides is 2. The highest BCUT2D eigenvalue weighted by atomic mass is 32.2. The molecule has 1 aromatic carbocycles. The maximum Gasteiger partial charge on any atom is 0.344 e. The van der Waals surface area contributed by atoms with E-state index in [2.05, 4.69) is 10.1 Å². The predicted octanol–water partition coefficient (Wildman–Crippen LogP) is 3.87. The summed E-state index contributed by atoms with van der Waals surface area (Å²) in [5.74, 6) is 0.559. The van der Waals surface area contributed by atoms with Crippen LogP contribution < -0.4 is 4.90 Å². The van der Waals surface area contributed by atoms with Crippen LogP contribution in [0.25, 0.3) is 0 Å². The number of fused-ring (bicyclic) bond motifs is 1. The Morgan fingerprint density at radius 2 is 1.97 bits per heavy atom. The van der Waals surface area contributed by atoms with Gasteiger partial charge in [-0.2, -0.15) is 0 Å². The highest BCUT2D eigenvalue weighted by Crippen LogP contribution is 2.39. The molecule has 2 aromatic heterocycles. The second kappa shape index (κ2) is 7.20. The van der Waals surface area contributed by atoms with E-state index in [0.29, 0.717) is 22.7 Å². The maximum absolute atomic E-state index is 13.4. The Morgan fingerprint density at radius 3 is 2.66 bits per heavy atom. The number of anilines is 2. The van der Waals surface area contributed by atoms with Crippen molar-refractivity contribution in [3.63, 3.8) is 0 Å². The summed E-state index contributed by atoms with van der Waals surface area (Å²) >= 11 is 1.53. The minimum atomic E-state index is -4.09. The average Bonchev–Trinajstić information content (AvgIpc) is 3.03. The van der Waals surface area contributed by atoms with E-state index in [1.807, 2.05) is 24.5 Å². The normalized spacial score (nSPS) is 15.5. The first-order valence-corrected chi connectivity index (χ1v) is 11.4. The predicted molar refractivity (Wildman–Crippen MR) is 109 cm³/mol. The summed E-state index contributed by atoms with van der Waals surface area (Å²) in [6, 6.07) is 9.61. The van der Waals surface area contributed by atoms with E-state index < -0.39 is 16.1 Å². The van der Waals surface area contributed by atoms with Crippen LogP contribution >= 0.6 is 11.8 Å². The molecule has 8 nitrogen and oxygen atoms in total. The van der Waals surface area contributed by atoms with Gasteiger partial charge in [0.15, 0.2) is 5.82 Å². The van der Waals surface area contributed by atoms with Crippen molar-refractivity contribution >= 4 is 39.3 Å². The SMILES string of the molecule is CSc1cccc(N2C(=O)N(Cc3c(C)noc3C)S(=O)(=O)c3cccnc32)c1. The molecule has 10 heteroatoms. The molecule has 4 rings (SSSR count). The Bertz CT molecular complexity index is 1190. The van der Waals surface area contributed by atoms with Crippen molar-refractivity contribution in [2.45, 2.75) is 30.2 Å². The molecule has 0 saturated carbocycles. The van der Waals surface area contributed by atoms with Crippen molar-refractivity contribution in [3.8, 4) is 0 Å². The standard InChI is InChI=1S/C19H18N4O4S2/c1-12-16(13(2)27-21-12)11-22-19(24)23(14-6-4-7-15(10-14)28-3)18-17(29(22,25)26)8-5-9-20-18/h4-10H,11H2,1-3H3. The Kier molecular flexibility index (Phi) is 4.83. The lowest BCUT2D eigenvalue weighted by Gasteiger charge is -2.35. The molecule has 0 radical (unpaired) electrons. The molecular formula is C19H18N4O4S2. The number of urea groups is 1. The van der Waals surface area contributed by atoms with Gasteiger partial charge in [-0.1, -0.05) is 11.2 Å². The number of carbonyl (C=O) groups is 1. The number of aryl methyl sites for hydroxylation is 2. The average molecular weight is 431 g/mol. The Labute approximate surface area is 172 Å². The van der Waals surface area contributed by atoms with Crippen LogP contribution in [0.2, 0.25) is 0 Å². The van der Waals surface area contributed by atoms with Crippen LogP contribution in [0.1, 0.15) is 17.0 Å². The smallest absolute Gasteiger partial charge is 0.344 e. The first-order chi connectivity index (χ1) is 13.8. The van der Waals surface area contributed by atoms with Crippen LogP contribution in [0.3, 0.4) is 0 Å². The van der Waals surface area contributed by atoms with E-state index in [9.17, 15) is 13.2 Å². The summed E-state index contributed by atoms with van der Waals surface area (Å²) < 4.78 is 32.5. The van der Waals surface area contributed by atoms with Gasteiger partial charge in [-0.25, -0.2) is 27.4 Å². The van der Waals surface area contributed by atoms with E-state index in [1.165, 1.54) is 35.0 Å². The molecule has 0 bridgehead atoms. The number of thioether (sulfide) groups is 1. The summed E-state index contributed by atoms with van der Waals surface area (Å²) in [5, 5.41) is 3.86. The van der Waals surface area contributed by atoms with Crippen LogP contribution in [-0.2, 0) is 16.6 Å². The molecule has 29 heavy (non-hydrogen) atoms. The number of nitrogens with zero attached hydrogens (tertiary/aromatic N) is 4. The molecule has 1 aliphatic rings. The van der Waals surface area contributed by atoms with Crippen molar-refractivity contribution in [1.82, 2.24) is 14.4 Å². The highest BCUT2D eigenvalue weighted by molar-refractivity contribution is 7.98. The molecule has 0 fully saturated rings. The summed E-state index contributed by atoms with van der Waals surface area (Å²) in [4.78, 5) is 19.9. The first-order valence-electron chi connectivity index (χ1n) is 8.72. The van der Waals surface area contributed by atoms with Crippen molar-refractivity contribution in [3.05, 3.63) is 59.6 Å². The Balaban J connectivity index is 1.89. The third-order valence-electron chi connectivity index (χ3n) is 4.73. The van der Waals surface area contributed by atoms with Gasteiger partial charge in [0.1, 0.15) is 10.7 Å². The molecule has 2 amide bonds. The number of rotatable bonds is 4. The molecule has 0 aliphatic carbocycles. The number of hydrogen-bond donors (Lipinski definition) is 0. The van der Waals surface area contributed by atoms with Crippen molar-refractivity contribution in [2.24, 2.45) is 0 Å². The fourth-order valence-corrected chi connectivity index (χ4v) is 5.08. The topological polar surface area (TPSA) is 96.6 Å². The molecule has 0 saturated heterocycles. The zero-order valence-corrected chi connectivity index (χ0v) is 17.6. The van der Waals surface area contributed by atoms with E-state index in [1.54, 1.807) is 19.9 Å². The molecule has 0 atom stereocenters. The number of aromatic nitrogens is 2. The summed E-state index contributed by atoms with van der Waals surface area (Å²) in [6.07, 6.45) is 3.40. The number of pyridine rings is 1. The van der Waals surface area contributed by atoms with Crippen molar-refractivity contribution in [1.29, 1.82) is 0 Å². The summed E-state index contributed by atoms with van der Waals surface area (Å²) in [5.41, 5.74) is 1.64. The van der Waals surface area contributed by atoms with Gasteiger partial charge in [0.25, 0.3) is 10.0 Å². The van der Waals surface area contributed by atoms with Crippen LogP contribution in [0.4, 0.5) is 16.3 Å². The second-order valence-electron chi connectivity index (χ2n) is 6.46. The monoisotopic (exact) mass is 430 g/mol. The van der Waals surface area contributed by atoms with Crippen molar-refractivity contribution < 1.29 is 17.7 Å². The van der Waals surface area contributed by atoms with Gasteiger partial charge >= 0.3 is 6.03 Å². The van der Waals surface area contributed by atoms with Gasteiger partial charge in [0.2, 0.25) is 0 Å². The Hall–Kier alpha value is -2.85. The van der Waals surface area contributed by atoms with Gasteiger partial charge in [-0.05, 0) is 50.4 Å². The van der Waals surface area contributed by atoms with Crippen LogP contribution in [0.15, 0.2) is 56.9 Å². The minimum Gasteiger partial charge on any atom is -0.361 e. The van der Waals surface area contributed by atoms with Gasteiger partial charge in [-0.3, -0.25) is 0 Å². The van der Waals surface area contributed by atoms with Crippen molar-refractivity contribution in [2.75, 3.05) is 11.2 Å². The summed E-state index contributed by atoms with van der Waals surface area (Å²) in [6.45, 7) is 3.23. The van der Waals surface area contributed by atoms with Crippen LogP contribution in [-0.4, -0.2) is 35.2 Å². The highest BCUT2D eigenvalue weighted by Gasteiger charge is 2.43. The molecule has 1 aliphatic heterocycles. The summed E-state index contributed by atoms with van der Waals surface area (Å²) in [7, 11) is -4.09. The fraction of sp³-hybridized carbons (Fsp3) is 0.211. The van der Waals surface area contributed by atoms with Crippen LogP contribution in [0, 0.1) is 13.8 Å². The van der Waals surface area contributed by atoms with E-state index in [0.717, 1.165) is 9.20 Å². The van der Waals surface area contributed by atoms with Gasteiger partial charge in [0, 0.05) is 16.7 Å². The lowest BCUT2D eigenvalue weighted by atomic mass is 10.2. The molecule has 3 heterocycles. The van der Waals surface area contributed by atoms with Gasteiger partial charge < -0.3 is 4.52 Å². The van der Waals surface area contributed by atoms with Gasteiger partial charge in [0.05, 0.1) is 17.9 Å². The number of benzene rings is 1. The molecule has 0 spiro atoms. The first kappa shape index (κ1) is 19.5. The third kappa shape index (κ3) is 3.18. The van der Waals surface area contributed by atoms with E-state index >= 15 is 0 Å². The fourth-order valence-electron chi connectivity index (χ4n) is 3.18. The van der Waals surface area contributed by atoms with Gasteiger partial charge in [-0.15, -0.1) is 11.8 Å².